The Labute approximate surface area is 106 Å². The SMILES string of the molecule is CC(C)C(NC(=O)N1CCN(C)C(=O)C1)C(=O)O. The highest BCUT2D eigenvalue weighted by Gasteiger charge is 2.29. The summed E-state index contributed by atoms with van der Waals surface area (Å²) in [5.41, 5.74) is 0. The van der Waals surface area contributed by atoms with Gasteiger partial charge in [0.1, 0.15) is 12.6 Å². The first-order valence-corrected chi connectivity index (χ1v) is 5.85. The van der Waals surface area contributed by atoms with E-state index in [1.165, 1.54) is 4.90 Å². The monoisotopic (exact) mass is 257 g/mol. The molecule has 18 heavy (non-hydrogen) atoms. The van der Waals surface area contributed by atoms with Crippen molar-refractivity contribution in [3.63, 3.8) is 0 Å². The van der Waals surface area contributed by atoms with Crippen LogP contribution in [0.4, 0.5) is 4.79 Å². The molecule has 1 heterocycles. The van der Waals surface area contributed by atoms with Gasteiger partial charge in [0.05, 0.1) is 0 Å². The fraction of sp³-hybridized carbons (Fsp3) is 0.727. The molecule has 1 unspecified atom stereocenters. The minimum absolute atomic E-state index is 0.00717. The maximum Gasteiger partial charge on any atom is 0.326 e. The number of nitrogens with one attached hydrogen (secondary N) is 1. The van der Waals surface area contributed by atoms with Crippen molar-refractivity contribution in [1.82, 2.24) is 15.1 Å². The number of amides is 3. The molecule has 0 radical (unpaired) electrons. The minimum atomic E-state index is -1.07. The quantitative estimate of drug-likeness (QED) is 0.718. The number of rotatable bonds is 3. The Bertz CT molecular complexity index is 356. The maximum atomic E-state index is 11.9. The van der Waals surface area contributed by atoms with Crippen LogP contribution in [0.2, 0.25) is 0 Å². The van der Waals surface area contributed by atoms with E-state index in [1.54, 1.807) is 25.8 Å². The van der Waals surface area contributed by atoms with E-state index < -0.39 is 18.0 Å². The van der Waals surface area contributed by atoms with Crippen molar-refractivity contribution in [1.29, 1.82) is 0 Å². The largest absolute Gasteiger partial charge is 0.480 e. The summed E-state index contributed by atoms with van der Waals surface area (Å²) in [6.45, 7) is 4.30. The Balaban J connectivity index is 2.60. The molecule has 7 nitrogen and oxygen atoms in total. The van der Waals surface area contributed by atoms with Gasteiger partial charge in [0.25, 0.3) is 0 Å². The summed E-state index contributed by atoms with van der Waals surface area (Å²) in [6, 6.07) is -1.44. The van der Waals surface area contributed by atoms with E-state index in [9.17, 15) is 14.4 Å². The van der Waals surface area contributed by atoms with Gasteiger partial charge in [-0.15, -0.1) is 0 Å². The average molecular weight is 257 g/mol. The number of carboxylic acids is 1. The third kappa shape index (κ3) is 3.35. The maximum absolute atomic E-state index is 11.9. The molecular weight excluding hydrogens is 238 g/mol. The normalized spacial score (nSPS) is 17.9. The number of likely N-dealkylation sites (N-methyl/N-ethyl adjacent to an activating group) is 1. The summed E-state index contributed by atoms with van der Waals surface area (Å²) in [5, 5.41) is 11.4. The molecule has 3 amide bonds. The van der Waals surface area contributed by atoms with Crippen molar-refractivity contribution >= 4 is 17.9 Å². The van der Waals surface area contributed by atoms with Gasteiger partial charge in [0.2, 0.25) is 5.91 Å². The number of hydrogen-bond donors (Lipinski definition) is 2. The second-order valence-electron chi connectivity index (χ2n) is 4.75. The molecule has 0 aromatic rings. The van der Waals surface area contributed by atoms with Gasteiger partial charge in [0, 0.05) is 20.1 Å². The highest BCUT2D eigenvalue weighted by Crippen LogP contribution is 2.05. The number of carboxylic acid groups (broad SMARTS) is 1. The number of hydrogen-bond acceptors (Lipinski definition) is 3. The molecule has 0 bridgehead atoms. The molecule has 0 saturated carbocycles. The summed E-state index contributed by atoms with van der Waals surface area (Å²) in [6.07, 6.45) is 0. The Morgan fingerprint density at radius 1 is 1.33 bits per heavy atom. The predicted molar refractivity (Wildman–Crippen MR) is 64.0 cm³/mol. The summed E-state index contributed by atoms with van der Waals surface area (Å²) < 4.78 is 0. The van der Waals surface area contributed by atoms with Crippen LogP contribution in [0.15, 0.2) is 0 Å². The molecule has 0 aromatic heterocycles. The first kappa shape index (κ1) is 14.3. The van der Waals surface area contributed by atoms with Gasteiger partial charge in [0.15, 0.2) is 0 Å². The highest BCUT2D eigenvalue weighted by atomic mass is 16.4. The zero-order valence-electron chi connectivity index (χ0n) is 10.8. The third-order valence-corrected chi connectivity index (χ3v) is 2.96. The Morgan fingerprint density at radius 2 is 1.94 bits per heavy atom. The van der Waals surface area contributed by atoms with Gasteiger partial charge in [-0.1, -0.05) is 13.8 Å². The number of piperazine rings is 1. The molecule has 1 aliphatic heterocycles. The van der Waals surface area contributed by atoms with Crippen molar-refractivity contribution in [3.8, 4) is 0 Å². The van der Waals surface area contributed by atoms with Crippen LogP contribution in [0.1, 0.15) is 13.8 Å². The van der Waals surface area contributed by atoms with E-state index in [0.717, 1.165) is 0 Å². The van der Waals surface area contributed by atoms with Crippen LogP contribution in [0, 0.1) is 5.92 Å². The smallest absolute Gasteiger partial charge is 0.326 e. The number of urea groups is 1. The second kappa shape index (κ2) is 5.70. The topological polar surface area (TPSA) is 90.0 Å². The van der Waals surface area contributed by atoms with Crippen LogP contribution < -0.4 is 5.32 Å². The fourth-order valence-corrected chi connectivity index (χ4v) is 1.67. The van der Waals surface area contributed by atoms with Gasteiger partial charge >= 0.3 is 12.0 Å². The summed E-state index contributed by atoms with van der Waals surface area (Å²) in [5.74, 6) is -1.43. The van der Waals surface area contributed by atoms with Crippen molar-refractivity contribution in [2.45, 2.75) is 19.9 Å². The van der Waals surface area contributed by atoms with Gasteiger partial charge in [-0.3, -0.25) is 4.79 Å². The van der Waals surface area contributed by atoms with E-state index in [-0.39, 0.29) is 18.4 Å². The molecule has 102 valence electrons. The Morgan fingerprint density at radius 3 is 2.39 bits per heavy atom. The first-order chi connectivity index (χ1) is 8.32. The van der Waals surface area contributed by atoms with Crippen LogP contribution in [0.3, 0.4) is 0 Å². The van der Waals surface area contributed by atoms with E-state index in [4.69, 9.17) is 5.11 Å². The molecule has 0 aromatic carbocycles. The van der Waals surface area contributed by atoms with E-state index in [1.807, 2.05) is 0 Å². The number of nitrogens with zero attached hydrogens (tertiary/aromatic N) is 2. The van der Waals surface area contributed by atoms with E-state index in [0.29, 0.717) is 13.1 Å². The summed E-state index contributed by atoms with van der Waals surface area (Å²) >= 11 is 0. The van der Waals surface area contributed by atoms with Crippen LogP contribution in [0.25, 0.3) is 0 Å². The van der Waals surface area contributed by atoms with Gasteiger partial charge in [-0.25, -0.2) is 9.59 Å². The number of carbonyl (C=O) groups is 3. The number of carbonyl (C=O) groups excluding carboxylic acids is 2. The Hall–Kier alpha value is -1.79. The molecule has 1 aliphatic rings. The van der Waals surface area contributed by atoms with E-state index in [2.05, 4.69) is 5.32 Å². The third-order valence-electron chi connectivity index (χ3n) is 2.96. The predicted octanol–water partition coefficient (Wildman–Crippen LogP) is -0.421. The molecule has 1 fully saturated rings. The first-order valence-electron chi connectivity index (χ1n) is 5.85. The van der Waals surface area contributed by atoms with Crippen molar-refractivity contribution in [2.75, 3.05) is 26.7 Å². The van der Waals surface area contributed by atoms with Crippen LogP contribution in [-0.4, -0.2) is 65.5 Å². The molecule has 1 saturated heterocycles. The fourth-order valence-electron chi connectivity index (χ4n) is 1.67. The van der Waals surface area contributed by atoms with Crippen LogP contribution in [0.5, 0.6) is 0 Å². The summed E-state index contributed by atoms with van der Waals surface area (Å²) in [7, 11) is 1.67. The minimum Gasteiger partial charge on any atom is -0.480 e. The molecule has 1 rings (SSSR count). The second-order valence-corrected chi connectivity index (χ2v) is 4.75. The van der Waals surface area contributed by atoms with E-state index >= 15 is 0 Å². The van der Waals surface area contributed by atoms with Gasteiger partial charge in [-0.2, -0.15) is 0 Å². The van der Waals surface area contributed by atoms with Crippen molar-refractivity contribution in [2.24, 2.45) is 5.92 Å². The highest BCUT2D eigenvalue weighted by molar-refractivity contribution is 5.87. The molecule has 0 spiro atoms. The Kier molecular flexibility index (Phi) is 4.52. The zero-order chi connectivity index (χ0) is 13.9. The molecule has 7 heteroatoms. The average Bonchev–Trinajstić information content (AvgIpc) is 2.28. The van der Waals surface area contributed by atoms with Crippen LogP contribution >= 0.6 is 0 Å². The lowest BCUT2D eigenvalue weighted by Crippen LogP contribution is -2.56. The lowest BCUT2D eigenvalue weighted by atomic mass is 10.1. The number of aliphatic carboxylic acids is 1. The lowest BCUT2D eigenvalue weighted by molar-refractivity contribution is -0.140. The molecule has 0 aliphatic carbocycles. The van der Waals surface area contributed by atoms with Crippen molar-refractivity contribution < 1.29 is 19.5 Å². The van der Waals surface area contributed by atoms with Gasteiger partial charge in [-0.05, 0) is 5.92 Å². The van der Waals surface area contributed by atoms with Crippen molar-refractivity contribution in [3.05, 3.63) is 0 Å². The van der Waals surface area contributed by atoms with Gasteiger partial charge < -0.3 is 20.2 Å². The zero-order valence-corrected chi connectivity index (χ0v) is 10.8. The molecule has 1 atom stereocenters. The molecular formula is C11H19N3O4. The lowest BCUT2D eigenvalue weighted by Gasteiger charge is -2.33. The molecule has 2 N–H and O–H groups in total. The standard InChI is InChI=1S/C11H19N3O4/c1-7(2)9(10(16)17)12-11(18)14-5-4-13(3)8(15)6-14/h7,9H,4-6H2,1-3H3,(H,12,18)(H,16,17). The van der Waals surface area contributed by atoms with Crippen LogP contribution in [-0.2, 0) is 9.59 Å². The summed E-state index contributed by atoms with van der Waals surface area (Å²) in [4.78, 5) is 37.1.